The summed E-state index contributed by atoms with van der Waals surface area (Å²) < 4.78 is 41.5. The Balaban J connectivity index is 1.06. The lowest BCUT2D eigenvalue weighted by molar-refractivity contribution is -0.138. The Morgan fingerprint density at radius 2 is 1.70 bits per heavy atom. The minimum Gasteiger partial charge on any atom is -0.361 e. The Bertz CT molecular complexity index is 1840. The second kappa shape index (κ2) is 10.3. The van der Waals surface area contributed by atoms with Crippen LogP contribution < -0.4 is 15.5 Å². The first-order valence-corrected chi connectivity index (χ1v) is 14.9. The second-order valence-corrected chi connectivity index (χ2v) is 12.7. The van der Waals surface area contributed by atoms with Crippen molar-refractivity contribution in [1.29, 1.82) is 0 Å². The van der Waals surface area contributed by atoms with Gasteiger partial charge in [0, 0.05) is 36.1 Å². The van der Waals surface area contributed by atoms with Crippen LogP contribution in [0.5, 0.6) is 0 Å². The van der Waals surface area contributed by atoms with Crippen LogP contribution in [-0.4, -0.2) is 50.3 Å². The van der Waals surface area contributed by atoms with Gasteiger partial charge in [0.25, 0.3) is 17.7 Å². The third kappa shape index (κ3) is 4.92. The summed E-state index contributed by atoms with van der Waals surface area (Å²) in [6.07, 6.45) is -1.08. The Kier molecular flexibility index (Phi) is 6.62. The number of halogens is 3. The van der Waals surface area contributed by atoms with Crippen LogP contribution in [0, 0.1) is 0 Å². The number of carbonyl (C=O) groups excluding carboxylic acids is 5. The van der Waals surface area contributed by atoms with Crippen LogP contribution in [0.3, 0.4) is 0 Å². The predicted octanol–water partition coefficient (Wildman–Crippen LogP) is 4.07. The van der Waals surface area contributed by atoms with Crippen molar-refractivity contribution >= 4 is 40.9 Å². The van der Waals surface area contributed by atoms with Gasteiger partial charge in [-0.2, -0.15) is 18.3 Å². The number of fused-ring (bicyclic) bond motifs is 2. The average Bonchev–Trinajstić information content (AvgIpc) is 3.57. The maximum atomic E-state index is 13.5. The number of alkyl halides is 3. The number of carbonyl (C=O) groups is 5. The van der Waals surface area contributed by atoms with Crippen LogP contribution in [0.15, 0.2) is 42.6 Å². The maximum absolute atomic E-state index is 13.5. The molecule has 1 aromatic heterocycles. The van der Waals surface area contributed by atoms with Gasteiger partial charge in [-0.05, 0) is 81.0 Å². The van der Waals surface area contributed by atoms with Crippen LogP contribution in [0.1, 0.15) is 88.5 Å². The van der Waals surface area contributed by atoms with Gasteiger partial charge in [0.1, 0.15) is 11.6 Å². The number of rotatable bonds is 6. The van der Waals surface area contributed by atoms with Crippen molar-refractivity contribution in [3.63, 3.8) is 0 Å². The molecule has 1 aliphatic carbocycles. The molecule has 2 fully saturated rings. The van der Waals surface area contributed by atoms with Crippen molar-refractivity contribution < 1.29 is 37.1 Å². The highest BCUT2D eigenvalue weighted by Gasteiger charge is 2.45. The highest BCUT2D eigenvalue weighted by Crippen LogP contribution is 2.45. The summed E-state index contributed by atoms with van der Waals surface area (Å²) in [6, 6.07) is 7.23. The SMILES string of the molecule is CC(C)(C(=O)Nc1ccc(C(F)(F)F)cc1C1CC1)n1cc2c(n1)CN(c1ccc3c(c1)C(=O)N(C1CCC(=O)NC1=O)C3=O)C2. The lowest BCUT2D eigenvalue weighted by Crippen LogP contribution is -2.54. The first-order valence-electron chi connectivity index (χ1n) is 14.9. The first kappa shape index (κ1) is 29.7. The van der Waals surface area contributed by atoms with Crippen molar-refractivity contribution in [2.24, 2.45) is 0 Å². The zero-order valence-corrected chi connectivity index (χ0v) is 24.9. The Hall–Kier alpha value is -5.01. The molecular weight excluding hydrogens is 605 g/mol. The molecule has 4 heterocycles. The number of hydrogen-bond acceptors (Lipinski definition) is 7. The Morgan fingerprint density at radius 3 is 2.37 bits per heavy atom. The summed E-state index contributed by atoms with van der Waals surface area (Å²) >= 11 is 0. The number of hydrogen-bond donors (Lipinski definition) is 2. The van der Waals surface area contributed by atoms with Gasteiger partial charge in [-0.25, -0.2) is 0 Å². The van der Waals surface area contributed by atoms with Gasteiger partial charge in [0.15, 0.2) is 0 Å². The quantitative estimate of drug-likeness (QED) is 0.391. The van der Waals surface area contributed by atoms with E-state index < -0.39 is 52.9 Å². The largest absolute Gasteiger partial charge is 0.416 e. The predicted molar refractivity (Wildman–Crippen MR) is 157 cm³/mol. The fraction of sp³-hybridized carbons (Fsp3) is 0.375. The minimum atomic E-state index is -4.47. The standard InChI is InChI=1S/C32H29F3N6O5/c1-31(2,30(46)36-23-8-5-18(32(33,34)35)11-21(23)16-3-4-16)40-14-17-13-39(15-24(17)38-40)19-6-7-20-22(12-19)29(45)41(28(20)44)25-9-10-26(42)37-27(25)43/h5-8,11-12,14,16,25H,3-4,9-10,13,15H2,1-2H3,(H,36,46)(H,37,42,43). The molecule has 3 aromatic rings. The molecule has 1 saturated carbocycles. The van der Waals surface area contributed by atoms with Crippen LogP contribution >= 0.6 is 0 Å². The summed E-state index contributed by atoms with van der Waals surface area (Å²) in [5.74, 6) is -2.73. The molecule has 14 heteroatoms. The van der Waals surface area contributed by atoms with Crippen LogP contribution in [0.4, 0.5) is 24.5 Å². The number of imide groups is 2. The first-order chi connectivity index (χ1) is 21.7. The van der Waals surface area contributed by atoms with Gasteiger partial charge in [0.05, 0.1) is 28.9 Å². The fourth-order valence-electron chi connectivity index (χ4n) is 6.24. The summed E-state index contributed by atoms with van der Waals surface area (Å²) in [4.78, 5) is 66.6. The second-order valence-electron chi connectivity index (χ2n) is 12.7. The lowest BCUT2D eigenvalue weighted by atomic mass is 10.0. The Labute approximate surface area is 260 Å². The van der Waals surface area contributed by atoms with Crippen LogP contribution in [0.2, 0.25) is 0 Å². The number of anilines is 2. The van der Waals surface area contributed by atoms with Crippen molar-refractivity contribution in [1.82, 2.24) is 20.0 Å². The summed E-state index contributed by atoms with van der Waals surface area (Å²) in [5, 5.41) is 9.68. The van der Waals surface area contributed by atoms with Crippen molar-refractivity contribution in [3.05, 3.63) is 76.1 Å². The number of benzene rings is 2. The molecule has 1 unspecified atom stereocenters. The van der Waals surface area contributed by atoms with E-state index in [0.717, 1.165) is 35.4 Å². The van der Waals surface area contributed by atoms with E-state index in [0.29, 0.717) is 35.7 Å². The number of nitrogens with one attached hydrogen (secondary N) is 2. The molecule has 238 valence electrons. The lowest BCUT2D eigenvalue weighted by Gasteiger charge is -2.27. The number of aromatic nitrogens is 2. The van der Waals surface area contributed by atoms with Gasteiger partial charge >= 0.3 is 6.18 Å². The molecule has 2 aromatic carbocycles. The van der Waals surface area contributed by atoms with E-state index in [-0.39, 0.29) is 29.9 Å². The third-order valence-electron chi connectivity index (χ3n) is 9.14. The molecule has 4 aliphatic rings. The zero-order chi connectivity index (χ0) is 32.7. The van der Waals surface area contributed by atoms with E-state index in [2.05, 4.69) is 15.7 Å². The van der Waals surface area contributed by atoms with E-state index in [1.807, 2.05) is 4.90 Å². The van der Waals surface area contributed by atoms with E-state index in [1.165, 1.54) is 6.07 Å². The van der Waals surface area contributed by atoms with Crippen LogP contribution in [0.25, 0.3) is 0 Å². The molecule has 0 spiro atoms. The highest BCUT2D eigenvalue weighted by molar-refractivity contribution is 6.23. The number of piperidine rings is 1. The van der Waals surface area contributed by atoms with E-state index in [9.17, 15) is 37.1 Å². The molecule has 3 aliphatic heterocycles. The Morgan fingerprint density at radius 1 is 0.957 bits per heavy atom. The summed E-state index contributed by atoms with van der Waals surface area (Å²) in [6.45, 7) is 4.14. The fourth-order valence-corrected chi connectivity index (χ4v) is 6.24. The molecule has 46 heavy (non-hydrogen) atoms. The molecule has 1 atom stereocenters. The van der Waals surface area contributed by atoms with Gasteiger partial charge < -0.3 is 10.2 Å². The summed E-state index contributed by atoms with van der Waals surface area (Å²) in [7, 11) is 0. The molecular formula is C32H29F3N6O5. The van der Waals surface area contributed by atoms with E-state index >= 15 is 0 Å². The topological polar surface area (TPSA) is 134 Å². The average molecular weight is 635 g/mol. The molecule has 2 N–H and O–H groups in total. The van der Waals surface area contributed by atoms with Gasteiger partial charge in [-0.1, -0.05) is 0 Å². The van der Waals surface area contributed by atoms with Gasteiger partial charge in [-0.3, -0.25) is 38.9 Å². The molecule has 0 radical (unpaired) electrons. The van der Waals surface area contributed by atoms with E-state index in [4.69, 9.17) is 0 Å². The number of nitrogens with zero attached hydrogens (tertiary/aromatic N) is 4. The zero-order valence-electron chi connectivity index (χ0n) is 24.9. The van der Waals surface area contributed by atoms with Crippen LogP contribution in [-0.2, 0) is 39.2 Å². The number of amides is 5. The minimum absolute atomic E-state index is 0.0201. The van der Waals surface area contributed by atoms with Crippen molar-refractivity contribution in [3.8, 4) is 0 Å². The molecule has 7 rings (SSSR count). The van der Waals surface area contributed by atoms with Crippen molar-refractivity contribution in [2.45, 2.75) is 76.3 Å². The molecule has 0 bridgehead atoms. The molecule has 11 nitrogen and oxygen atoms in total. The normalized spacial score (nSPS) is 19.8. The summed E-state index contributed by atoms with van der Waals surface area (Å²) in [5.41, 5.74) is 1.52. The van der Waals surface area contributed by atoms with Gasteiger partial charge in [0.2, 0.25) is 11.8 Å². The maximum Gasteiger partial charge on any atom is 0.416 e. The highest BCUT2D eigenvalue weighted by atomic mass is 19.4. The smallest absolute Gasteiger partial charge is 0.361 e. The third-order valence-corrected chi connectivity index (χ3v) is 9.14. The van der Waals surface area contributed by atoms with Crippen molar-refractivity contribution in [2.75, 3.05) is 10.2 Å². The van der Waals surface area contributed by atoms with Gasteiger partial charge in [-0.15, -0.1) is 0 Å². The monoisotopic (exact) mass is 634 g/mol. The van der Waals surface area contributed by atoms with E-state index in [1.54, 1.807) is 42.9 Å². The molecule has 5 amide bonds. The molecule has 1 saturated heterocycles.